The molecule has 3 aliphatic heterocycles. The lowest BCUT2D eigenvalue weighted by atomic mass is 9.66. The summed E-state index contributed by atoms with van der Waals surface area (Å²) in [6.45, 7) is 13.1. The second-order valence-corrected chi connectivity index (χ2v) is 11.7. The number of carbonyl (C=O) groups excluding carboxylic acids is 3. The Morgan fingerprint density at radius 2 is 1.91 bits per heavy atom. The van der Waals surface area contributed by atoms with Crippen molar-refractivity contribution in [1.29, 1.82) is 0 Å². The third kappa shape index (κ3) is 4.25. The number of thioether (sulfide) groups is 1. The van der Waals surface area contributed by atoms with Crippen molar-refractivity contribution in [1.82, 2.24) is 14.7 Å². The molecule has 0 aromatic heterocycles. The van der Waals surface area contributed by atoms with E-state index >= 15 is 0 Å². The van der Waals surface area contributed by atoms with Gasteiger partial charge in [-0.3, -0.25) is 14.4 Å². The van der Waals surface area contributed by atoms with E-state index in [1.807, 2.05) is 0 Å². The Labute approximate surface area is 202 Å². The van der Waals surface area contributed by atoms with Crippen LogP contribution in [0.3, 0.4) is 0 Å². The summed E-state index contributed by atoms with van der Waals surface area (Å²) in [5.41, 5.74) is 0. The molecule has 3 rings (SSSR count). The number of fused-ring (bicyclic) bond motifs is 1. The number of aliphatic hydroxyl groups excluding tert-OH is 1. The highest BCUT2D eigenvalue weighted by molar-refractivity contribution is 8.02. The molecule has 3 amide bonds. The van der Waals surface area contributed by atoms with Gasteiger partial charge in [0.25, 0.3) is 0 Å². The quantitative estimate of drug-likeness (QED) is 0.345. The average Bonchev–Trinajstić information content (AvgIpc) is 3.34. The van der Waals surface area contributed by atoms with Gasteiger partial charge in [0.15, 0.2) is 0 Å². The first kappa shape index (κ1) is 25.8. The maximum absolute atomic E-state index is 14.0. The average molecular weight is 478 g/mol. The van der Waals surface area contributed by atoms with Crippen LogP contribution < -0.4 is 0 Å². The van der Waals surface area contributed by atoms with Crippen LogP contribution in [0.2, 0.25) is 0 Å². The van der Waals surface area contributed by atoms with E-state index in [2.05, 4.69) is 27.0 Å². The van der Waals surface area contributed by atoms with Crippen molar-refractivity contribution in [2.45, 2.75) is 61.5 Å². The summed E-state index contributed by atoms with van der Waals surface area (Å²) >= 11 is 1.67. The first-order valence-corrected chi connectivity index (χ1v) is 12.9. The number of β-amino-alcohol motifs (C(OH)–C–C–N with tert-alkyl or cyclic N) is 1. The van der Waals surface area contributed by atoms with Crippen LogP contribution in [0, 0.1) is 11.8 Å². The first-order chi connectivity index (χ1) is 15.7. The predicted octanol–water partition coefficient (Wildman–Crippen LogP) is 2.31. The van der Waals surface area contributed by atoms with E-state index in [0.717, 1.165) is 32.1 Å². The number of amides is 3. The smallest absolute Gasteiger partial charge is 0.247 e. The van der Waals surface area contributed by atoms with E-state index in [1.165, 1.54) is 0 Å². The van der Waals surface area contributed by atoms with Crippen molar-refractivity contribution in [2.75, 3.05) is 39.8 Å². The fourth-order valence-electron chi connectivity index (χ4n) is 6.12. The molecule has 8 heteroatoms. The summed E-state index contributed by atoms with van der Waals surface area (Å²) in [5.74, 6) is -1.36. The number of likely N-dealkylation sites (tertiary alicyclic amines) is 1. The molecule has 5 atom stereocenters. The number of hydrogen-bond donors (Lipinski definition) is 1. The molecule has 3 fully saturated rings. The molecule has 0 aromatic carbocycles. The minimum atomic E-state index is -0.668. The van der Waals surface area contributed by atoms with E-state index in [-0.39, 0.29) is 35.6 Å². The van der Waals surface area contributed by atoms with Gasteiger partial charge in [-0.1, -0.05) is 31.9 Å². The number of carbonyl (C=O) groups is 3. The summed E-state index contributed by atoms with van der Waals surface area (Å²) in [4.78, 5) is 46.3. The summed E-state index contributed by atoms with van der Waals surface area (Å²) in [7, 11) is 1.74. The SMILES string of the molecule is C=CCN(C)C(=O)[C@@H]1[C@H]2C(=O)N(CCO)C(C(=O)N(CC=C)CCCCC)C23CC[C@@]1(C)S3. The van der Waals surface area contributed by atoms with Gasteiger partial charge < -0.3 is 19.8 Å². The molecule has 0 saturated carbocycles. The minimum absolute atomic E-state index is 0.0623. The number of hydrogen-bond acceptors (Lipinski definition) is 5. The molecule has 1 N–H and O–H groups in total. The van der Waals surface area contributed by atoms with Gasteiger partial charge >= 0.3 is 0 Å². The topological polar surface area (TPSA) is 81.2 Å². The number of likely N-dealkylation sites (N-methyl/N-ethyl adjacent to an activating group) is 1. The van der Waals surface area contributed by atoms with Gasteiger partial charge in [0.05, 0.1) is 23.2 Å². The maximum Gasteiger partial charge on any atom is 0.247 e. The Hall–Kier alpha value is -1.80. The molecule has 184 valence electrons. The number of aliphatic hydroxyl groups is 1. The van der Waals surface area contributed by atoms with Gasteiger partial charge in [-0.2, -0.15) is 0 Å². The zero-order valence-electron chi connectivity index (χ0n) is 20.3. The third-order valence-electron chi connectivity index (χ3n) is 7.59. The van der Waals surface area contributed by atoms with Gasteiger partial charge in [0.2, 0.25) is 17.7 Å². The fraction of sp³-hybridized carbons (Fsp3) is 0.720. The molecule has 1 spiro atoms. The lowest BCUT2D eigenvalue weighted by Gasteiger charge is -2.37. The van der Waals surface area contributed by atoms with Gasteiger partial charge in [0.1, 0.15) is 6.04 Å². The van der Waals surface area contributed by atoms with Crippen LogP contribution in [0.25, 0.3) is 0 Å². The standard InChI is InChI=1S/C25H39N3O4S/c1-6-9-10-15-27(14-8-3)23(32)20-25-12-11-24(4,33-25)18(21(30)26(5)13-7-2)19(25)22(31)28(20)16-17-29/h7-8,18-20,29H,2-3,6,9-17H2,1,4-5H3/t18-,19-,20?,24+,25?/m0/s1. The van der Waals surface area contributed by atoms with Gasteiger partial charge in [-0.25, -0.2) is 0 Å². The molecule has 7 nitrogen and oxygen atoms in total. The normalized spacial score (nSPS) is 32.1. The van der Waals surface area contributed by atoms with Crippen LogP contribution >= 0.6 is 11.8 Å². The van der Waals surface area contributed by atoms with Crippen molar-refractivity contribution in [2.24, 2.45) is 11.8 Å². The monoisotopic (exact) mass is 477 g/mol. The molecule has 2 unspecified atom stereocenters. The van der Waals surface area contributed by atoms with Crippen molar-refractivity contribution in [3.8, 4) is 0 Å². The Morgan fingerprint density at radius 1 is 1.21 bits per heavy atom. The maximum atomic E-state index is 14.0. The number of rotatable bonds is 12. The summed E-state index contributed by atoms with van der Waals surface area (Å²) in [5, 5.41) is 9.75. The third-order valence-corrected chi connectivity index (χ3v) is 9.58. The molecule has 3 aliphatic rings. The van der Waals surface area contributed by atoms with E-state index < -0.39 is 22.6 Å². The van der Waals surface area contributed by atoms with Crippen LogP contribution in [0.15, 0.2) is 25.3 Å². The predicted molar refractivity (Wildman–Crippen MR) is 132 cm³/mol. The molecule has 0 aliphatic carbocycles. The second kappa shape index (κ2) is 10.2. The highest BCUT2D eigenvalue weighted by atomic mass is 32.2. The fourth-order valence-corrected chi connectivity index (χ4v) is 8.47. The largest absolute Gasteiger partial charge is 0.395 e. The Kier molecular flexibility index (Phi) is 7.99. The van der Waals surface area contributed by atoms with Gasteiger partial charge in [-0.15, -0.1) is 24.9 Å². The Morgan fingerprint density at radius 3 is 2.52 bits per heavy atom. The second-order valence-electron chi connectivity index (χ2n) is 9.77. The molecule has 33 heavy (non-hydrogen) atoms. The van der Waals surface area contributed by atoms with Crippen molar-refractivity contribution < 1.29 is 19.5 Å². The summed E-state index contributed by atoms with van der Waals surface area (Å²) < 4.78 is -1.03. The van der Waals surface area contributed by atoms with Crippen LogP contribution in [-0.2, 0) is 14.4 Å². The van der Waals surface area contributed by atoms with Gasteiger partial charge in [0, 0.05) is 38.0 Å². The van der Waals surface area contributed by atoms with Crippen molar-refractivity contribution in [3.63, 3.8) is 0 Å². The van der Waals surface area contributed by atoms with Crippen molar-refractivity contribution in [3.05, 3.63) is 25.3 Å². The molecule has 0 radical (unpaired) electrons. The Bertz CT molecular complexity index is 805. The van der Waals surface area contributed by atoms with E-state index in [1.54, 1.807) is 45.7 Å². The van der Waals surface area contributed by atoms with Crippen molar-refractivity contribution >= 4 is 29.5 Å². The van der Waals surface area contributed by atoms with Crippen LogP contribution in [-0.4, -0.2) is 92.9 Å². The first-order valence-electron chi connectivity index (χ1n) is 12.1. The summed E-state index contributed by atoms with van der Waals surface area (Å²) in [6, 6.07) is -0.668. The zero-order valence-corrected chi connectivity index (χ0v) is 21.1. The van der Waals surface area contributed by atoms with Crippen LogP contribution in [0.5, 0.6) is 0 Å². The van der Waals surface area contributed by atoms with E-state index in [4.69, 9.17) is 0 Å². The molecule has 3 heterocycles. The van der Waals surface area contributed by atoms with E-state index in [0.29, 0.717) is 19.6 Å². The number of nitrogens with zero attached hydrogens (tertiary/aromatic N) is 3. The molecule has 0 aromatic rings. The zero-order chi connectivity index (χ0) is 24.4. The van der Waals surface area contributed by atoms with Crippen LogP contribution in [0.1, 0.15) is 46.0 Å². The molecular weight excluding hydrogens is 438 g/mol. The number of unbranched alkanes of at least 4 members (excludes halogenated alkanes) is 2. The Balaban J connectivity index is 2.00. The molecule has 2 bridgehead atoms. The van der Waals surface area contributed by atoms with Gasteiger partial charge in [-0.05, 0) is 26.2 Å². The highest BCUT2D eigenvalue weighted by Crippen LogP contribution is 2.71. The minimum Gasteiger partial charge on any atom is -0.395 e. The molecular formula is C25H39N3O4S. The van der Waals surface area contributed by atoms with Crippen LogP contribution in [0.4, 0.5) is 0 Å². The highest BCUT2D eigenvalue weighted by Gasteiger charge is 2.77. The molecule has 3 saturated heterocycles. The lowest BCUT2D eigenvalue weighted by molar-refractivity contribution is -0.145. The summed E-state index contributed by atoms with van der Waals surface area (Å²) in [6.07, 6.45) is 7.88. The van der Waals surface area contributed by atoms with E-state index in [9.17, 15) is 19.5 Å². The lowest BCUT2D eigenvalue weighted by Crippen LogP contribution is -2.55.